The maximum atomic E-state index is 14.0. The first-order valence-electron chi connectivity index (χ1n) is 11.2. The van der Waals surface area contributed by atoms with Gasteiger partial charge in [-0.2, -0.15) is 0 Å². The van der Waals surface area contributed by atoms with E-state index >= 15 is 0 Å². The number of nitrogens with zero attached hydrogens (tertiary/aromatic N) is 3. The minimum Gasteiger partial charge on any atom is -0.491 e. The van der Waals surface area contributed by atoms with Crippen LogP contribution < -0.4 is 10.1 Å². The van der Waals surface area contributed by atoms with Crippen LogP contribution in [-0.4, -0.2) is 41.8 Å². The molecule has 174 valence electrons. The Hall–Kier alpha value is -3.65. The van der Waals surface area contributed by atoms with E-state index in [2.05, 4.69) is 15.3 Å². The molecule has 2 aromatic heterocycles. The van der Waals surface area contributed by atoms with E-state index in [-0.39, 0.29) is 0 Å². The van der Waals surface area contributed by atoms with Gasteiger partial charge in [0.2, 0.25) is 0 Å². The second kappa shape index (κ2) is 9.69. The first-order valence-corrected chi connectivity index (χ1v) is 11.2. The van der Waals surface area contributed by atoms with Gasteiger partial charge < -0.3 is 14.8 Å². The molecule has 0 atom stereocenters. The number of halogens is 2. The van der Waals surface area contributed by atoms with Gasteiger partial charge in [-0.25, -0.2) is 18.7 Å². The van der Waals surface area contributed by atoms with Crippen molar-refractivity contribution in [2.75, 3.05) is 32.2 Å². The van der Waals surface area contributed by atoms with Gasteiger partial charge >= 0.3 is 0 Å². The minimum absolute atomic E-state index is 0.374. The van der Waals surface area contributed by atoms with Crippen molar-refractivity contribution in [2.24, 2.45) is 5.92 Å². The van der Waals surface area contributed by atoms with Crippen molar-refractivity contribution in [2.45, 2.75) is 12.8 Å². The number of rotatable bonds is 6. The Labute approximate surface area is 196 Å². The van der Waals surface area contributed by atoms with E-state index in [0.717, 1.165) is 43.1 Å². The molecule has 1 saturated heterocycles. The van der Waals surface area contributed by atoms with E-state index in [9.17, 15) is 8.78 Å². The fourth-order valence-corrected chi connectivity index (χ4v) is 4.09. The van der Waals surface area contributed by atoms with Crippen LogP contribution in [0.15, 0.2) is 54.9 Å². The third kappa shape index (κ3) is 4.54. The number of hydrogen-bond acceptors (Lipinski definition) is 6. The Morgan fingerprint density at radius 1 is 1.00 bits per heavy atom. The zero-order chi connectivity index (χ0) is 23.5. The molecule has 1 fully saturated rings. The van der Waals surface area contributed by atoms with Gasteiger partial charge in [-0.15, -0.1) is 0 Å². The molecule has 6 nitrogen and oxygen atoms in total. The van der Waals surface area contributed by atoms with Gasteiger partial charge in [0, 0.05) is 43.6 Å². The Morgan fingerprint density at radius 3 is 2.59 bits per heavy atom. The SMILES string of the molecule is CNc1nc(-c2cccnc2)nc2c(OCC3CCOCC3)cc(-c3ccc(F)c(F)c3)cc12. The number of anilines is 1. The molecule has 0 saturated carbocycles. The van der Waals surface area contributed by atoms with Crippen molar-refractivity contribution >= 4 is 16.7 Å². The highest BCUT2D eigenvalue weighted by molar-refractivity contribution is 5.97. The summed E-state index contributed by atoms with van der Waals surface area (Å²) in [6.45, 7) is 1.96. The number of nitrogens with one attached hydrogen (secondary N) is 1. The topological polar surface area (TPSA) is 69.2 Å². The third-order valence-electron chi connectivity index (χ3n) is 5.99. The van der Waals surface area contributed by atoms with E-state index in [1.807, 2.05) is 24.3 Å². The monoisotopic (exact) mass is 462 g/mol. The quantitative estimate of drug-likeness (QED) is 0.409. The molecule has 0 amide bonds. The Bertz CT molecular complexity index is 1310. The number of pyridine rings is 1. The van der Waals surface area contributed by atoms with Crippen LogP contribution in [-0.2, 0) is 4.74 Å². The molecule has 0 aliphatic carbocycles. The minimum atomic E-state index is -0.903. The lowest BCUT2D eigenvalue weighted by Crippen LogP contribution is -2.21. The van der Waals surface area contributed by atoms with Crippen LogP contribution in [0.4, 0.5) is 14.6 Å². The van der Waals surface area contributed by atoms with Crippen LogP contribution in [0.1, 0.15) is 12.8 Å². The van der Waals surface area contributed by atoms with Crippen LogP contribution in [0.3, 0.4) is 0 Å². The van der Waals surface area contributed by atoms with Crippen LogP contribution in [0.2, 0.25) is 0 Å². The summed E-state index contributed by atoms with van der Waals surface area (Å²) in [5.41, 5.74) is 2.63. The van der Waals surface area contributed by atoms with Crippen LogP contribution in [0.5, 0.6) is 5.75 Å². The second-order valence-electron chi connectivity index (χ2n) is 8.25. The van der Waals surface area contributed by atoms with Gasteiger partial charge in [-0.1, -0.05) is 6.07 Å². The van der Waals surface area contributed by atoms with Crippen molar-refractivity contribution in [1.82, 2.24) is 15.0 Å². The average Bonchev–Trinajstić information content (AvgIpc) is 2.89. The fraction of sp³-hybridized carbons (Fsp3) is 0.269. The summed E-state index contributed by atoms with van der Waals surface area (Å²) < 4.78 is 39.3. The zero-order valence-electron chi connectivity index (χ0n) is 18.7. The van der Waals surface area contributed by atoms with Crippen LogP contribution >= 0.6 is 0 Å². The van der Waals surface area contributed by atoms with Gasteiger partial charge in [-0.3, -0.25) is 4.98 Å². The lowest BCUT2D eigenvalue weighted by Gasteiger charge is -2.23. The lowest BCUT2D eigenvalue weighted by molar-refractivity contribution is 0.0500. The Balaban J connectivity index is 1.65. The molecule has 1 aliphatic heterocycles. The molecule has 1 aliphatic rings. The van der Waals surface area contributed by atoms with Gasteiger partial charge in [0.1, 0.15) is 17.1 Å². The Morgan fingerprint density at radius 2 is 1.85 bits per heavy atom. The van der Waals surface area contributed by atoms with Crippen molar-refractivity contribution in [3.8, 4) is 28.3 Å². The first-order chi connectivity index (χ1) is 16.6. The maximum Gasteiger partial charge on any atom is 0.163 e. The number of benzene rings is 2. The first kappa shape index (κ1) is 22.2. The molecular weight excluding hydrogens is 438 g/mol. The van der Waals surface area contributed by atoms with Gasteiger partial charge in [0.25, 0.3) is 0 Å². The molecule has 0 spiro atoms. The molecule has 0 bridgehead atoms. The summed E-state index contributed by atoms with van der Waals surface area (Å²) in [7, 11) is 1.78. The summed E-state index contributed by atoms with van der Waals surface area (Å²) in [5, 5.41) is 3.86. The Kier molecular flexibility index (Phi) is 6.31. The molecule has 34 heavy (non-hydrogen) atoms. The van der Waals surface area contributed by atoms with Crippen LogP contribution in [0, 0.1) is 17.6 Å². The molecule has 8 heteroatoms. The maximum absolute atomic E-state index is 14.0. The van der Waals surface area contributed by atoms with Gasteiger partial charge in [0.15, 0.2) is 17.5 Å². The van der Waals surface area contributed by atoms with Gasteiger partial charge in [-0.05, 0) is 66.3 Å². The normalized spacial score (nSPS) is 14.3. The molecule has 0 unspecified atom stereocenters. The highest BCUT2D eigenvalue weighted by Gasteiger charge is 2.19. The molecule has 4 aromatic rings. The average molecular weight is 463 g/mol. The molecule has 0 radical (unpaired) electrons. The summed E-state index contributed by atoms with van der Waals surface area (Å²) in [6, 6.07) is 11.3. The van der Waals surface area contributed by atoms with Crippen molar-refractivity contribution in [1.29, 1.82) is 0 Å². The van der Waals surface area contributed by atoms with Crippen LogP contribution in [0.25, 0.3) is 33.4 Å². The zero-order valence-corrected chi connectivity index (χ0v) is 18.7. The second-order valence-corrected chi connectivity index (χ2v) is 8.25. The highest BCUT2D eigenvalue weighted by Crippen LogP contribution is 2.36. The lowest BCUT2D eigenvalue weighted by atomic mass is 10.0. The van der Waals surface area contributed by atoms with E-state index in [1.165, 1.54) is 6.07 Å². The van der Waals surface area contributed by atoms with Gasteiger partial charge in [0.05, 0.1) is 6.61 Å². The fourth-order valence-electron chi connectivity index (χ4n) is 4.09. The smallest absolute Gasteiger partial charge is 0.163 e. The molecular formula is C26H24F2N4O2. The summed E-state index contributed by atoms with van der Waals surface area (Å²) in [5.74, 6) is 0.262. The molecule has 3 heterocycles. The number of hydrogen-bond donors (Lipinski definition) is 1. The summed E-state index contributed by atoms with van der Waals surface area (Å²) >= 11 is 0. The molecule has 2 aromatic carbocycles. The highest BCUT2D eigenvalue weighted by atomic mass is 19.2. The number of ether oxygens (including phenoxy) is 2. The molecule has 1 N–H and O–H groups in total. The number of fused-ring (bicyclic) bond motifs is 1. The van der Waals surface area contributed by atoms with E-state index in [4.69, 9.17) is 14.5 Å². The molecule has 5 rings (SSSR count). The summed E-state index contributed by atoms with van der Waals surface area (Å²) in [4.78, 5) is 13.7. The van der Waals surface area contributed by atoms with E-state index < -0.39 is 11.6 Å². The van der Waals surface area contributed by atoms with Crippen molar-refractivity contribution in [3.63, 3.8) is 0 Å². The summed E-state index contributed by atoms with van der Waals surface area (Å²) in [6.07, 6.45) is 5.26. The standard InChI is InChI=1S/C26H24F2N4O2/c1-29-26-20-11-19(17-4-5-21(27)22(28)12-17)13-23(34-15-16-6-9-33-10-7-16)24(20)31-25(32-26)18-3-2-8-30-14-18/h2-5,8,11-14,16H,6-7,9-10,15H2,1H3,(H,29,31,32). The van der Waals surface area contributed by atoms with Crippen molar-refractivity contribution in [3.05, 3.63) is 66.5 Å². The van der Waals surface area contributed by atoms with Crippen molar-refractivity contribution < 1.29 is 18.3 Å². The largest absolute Gasteiger partial charge is 0.491 e. The van der Waals surface area contributed by atoms with E-state index in [0.29, 0.717) is 46.6 Å². The van der Waals surface area contributed by atoms with E-state index in [1.54, 1.807) is 25.5 Å². The predicted octanol–water partition coefficient (Wildman–Crippen LogP) is 5.48. The third-order valence-corrected chi connectivity index (χ3v) is 5.99. The number of aromatic nitrogens is 3. The predicted molar refractivity (Wildman–Crippen MR) is 127 cm³/mol.